The Hall–Kier alpha value is -3.89. The Kier molecular flexibility index (Phi) is 9.27. The van der Waals surface area contributed by atoms with Crippen LogP contribution in [0.15, 0.2) is 42.6 Å². The molecule has 0 spiro atoms. The molecule has 1 unspecified atom stereocenters. The fourth-order valence-electron chi connectivity index (χ4n) is 5.24. The fraction of sp³-hybridized carbons (Fsp3) is 0.516. The number of rotatable bonds is 7. The van der Waals surface area contributed by atoms with Gasteiger partial charge < -0.3 is 19.3 Å². The minimum absolute atomic E-state index is 0.0341. The lowest BCUT2D eigenvalue weighted by atomic mass is 9.87. The maximum absolute atomic E-state index is 14.9. The number of ketones is 2. The average Bonchev–Trinajstić information content (AvgIpc) is 2.96. The number of amides is 2. The molecule has 9 nitrogen and oxygen atoms in total. The number of nitrogens with zero attached hydrogens (tertiary/aromatic N) is 3. The second-order valence-corrected chi connectivity index (χ2v) is 11.9. The fourth-order valence-corrected chi connectivity index (χ4v) is 5.24. The van der Waals surface area contributed by atoms with Gasteiger partial charge in [0.2, 0.25) is 0 Å². The molecule has 1 atom stereocenters. The molecule has 2 aliphatic rings. The quantitative estimate of drug-likeness (QED) is 0.407. The average molecular weight is 586 g/mol. The van der Waals surface area contributed by atoms with Crippen LogP contribution in [0.2, 0.25) is 0 Å². The first kappa shape index (κ1) is 31.1. The maximum atomic E-state index is 14.9. The van der Waals surface area contributed by atoms with Crippen molar-refractivity contribution in [1.82, 2.24) is 14.8 Å². The molecule has 3 heterocycles. The Balaban J connectivity index is 1.29. The minimum atomic E-state index is -3.25. The summed E-state index contributed by atoms with van der Waals surface area (Å²) < 4.78 is 40.1. The number of halogens is 2. The predicted octanol–water partition coefficient (Wildman–Crippen LogP) is 5.29. The third kappa shape index (κ3) is 7.49. The summed E-state index contributed by atoms with van der Waals surface area (Å²) in [5.41, 5.74) is 0.0876. The third-order valence-corrected chi connectivity index (χ3v) is 7.66. The Morgan fingerprint density at radius 1 is 0.929 bits per heavy atom. The van der Waals surface area contributed by atoms with E-state index in [1.807, 2.05) is 0 Å². The molecular formula is C31H37F2N3O6. The summed E-state index contributed by atoms with van der Waals surface area (Å²) in [5, 5.41) is 0. The van der Waals surface area contributed by atoms with Gasteiger partial charge in [0.25, 0.3) is 11.8 Å². The molecule has 1 aromatic carbocycles. The molecule has 0 radical (unpaired) electrons. The molecule has 2 fully saturated rings. The van der Waals surface area contributed by atoms with Crippen LogP contribution in [-0.4, -0.2) is 83.2 Å². The number of methoxy groups -OCH3 is 1. The van der Waals surface area contributed by atoms with E-state index in [1.54, 1.807) is 57.0 Å². The van der Waals surface area contributed by atoms with E-state index >= 15 is 0 Å². The van der Waals surface area contributed by atoms with Crippen molar-refractivity contribution >= 4 is 23.6 Å². The molecule has 1 aromatic heterocycles. The molecule has 226 valence electrons. The minimum Gasteiger partial charge on any atom is -0.497 e. The van der Waals surface area contributed by atoms with Crippen molar-refractivity contribution in [2.24, 2.45) is 11.8 Å². The van der Waals surface area contributed by atoms with E-state index < -0.39 is 42.3 Å². The molecule has 11 heteroatoms. The Morgan fingerprint density at radius 3 is 2.10 bits per heavy atom. The topological polar surface area (TPSA) is 106 Å². The second-order valence-electron chi connectivity index (χ2n) is 11.9. The van der Waals surface area contributed by atoms with Crippen molar-refractivity contribution in [3.05, 3.63) is 59.4 Å². The van der Waals surface area contributed by atoms with Gasteiger partial charge in [-0.15, -0.1) is 0 Å². The largest absolute Gasteiger partial charge is 0.497 e. The third-order valence-electron chi connectivity index (χ3n) is 7.66. The SMILES string of the molecule is COc1ccc(C(=O)C2CCN(C(=O)c3ccc(C(=O)CC4CCN(C(=O)OC(C)(C)C)CC4(F)F)cn3)CC2)cc1. The number of carbonyl (C=O) groups excluding carboxylic acids is 4. The molecule has 2 saturated heterocycles. The second kappa shape index (κ2) is 12.5. The highest BCUT2D eigenvalue weighted by atomic mass is 19.3. The smallest absolute Gasteiger partial charge is 0.410 e. The Bertz CT molecular complexity index is 1300. The lowest BCUT2D eigenvalue weighted by Crippen LogP contribution is -2.52. The lowest BCUT2D eigenvalue weighted by Gasteiger charge is -2.38. The highest BCUT2D eigenvalue weighted by molar-refractivity contribution is 5.99. The van der Waals surface area contributed by atoms with Gasteiger partial charge in [0, 0.05) is 55.2 Å². The lowest BCUT2D eigenvalue weighted by molar-refractivity contribution is -0.109. The van der Waals surface area contributed by atoms with Crippen molar-refractivity contribution in [2.45, 2.75) is 58.0 Å². The van der Waals surface area contributed by atoms with Crippen molar-refractivity contribution < 1.29 is 37.4 Å². The molecule has 2 aliphatic heterocycles. The maximum Gasteiger partial charge on any atom is 0.410 e. The number of likely N-dealkylation sites (tertiary alicyclic amines) is 2. The van der Waals surface area contributed by atoms with Crippen LogP contribution < -0.4 is 4.74 Å². The molecule has 0 N–H and O–H groups in total. The number of hydrogen-bond donors (Lipinski definition) is 0. The van der Waals surface area contributed by atoms with Gasteiger partial charge >= 0.3 is 6.09 Å². The summed E-state index contributed by atoms with van der Waals surface area (Å²) in [5.74, 6) is -4.79. The van der Waals surface area contributed by atoms with Crippen molar-refractivity contribution in [3.8, 4) is 5.75 Å². The zero-order valence-electron chi connectivity index (χ0n) is 24.4. The summed E-state index contributed by atoms with van der Waals surface area (Å²) in [4.78, 5) is 57.7. The molecule has 4 rings (SSSR count). The molecule has 2 amide bonds. The highest BCUT2D eigenvalue weighted by Crippen LogP contribution is 2.36. The predicted molar refractivity (Wildman–Crippen MR) is 150 cm³/mol. The van der Waals surface area contributed by atoms with Crippen LogP contribution in [0.3, 0.4) is 0 Å². The van der Waals surface area contributed by atoms with Crippen molar-refractivity contribution in [2.75, 3.05) is 33.3 Å². The van der Waals surface area contributed by atoms with Gasteiger partial charge in [-0.25, -0.2) is 13.6 Å². The van der Waals surface area contributed by atoms with E-state index in [0.717, 1.165) is 4.90 Å². The van der Waals surface area contributed by atoms with E-state index in [2.05, 4.69) is 4.98 Å². The van der Waals surface area contributed by atoms with E-state index in [1.165, 1.54) is 18.3 Å². The van der Waals surface area contributed by atoms with Gasteiger partial charge in [0.1, 0.15) is 17.0 Å². The number of piperidine rings is 2. The number of pyridine rings is 1. The number of Topliss-reactive ketones (excluding diaryl/α,β-unsaturated/α-hetero) is 2. The van der Waals surface area contributed by atoms with Crippen LogP contribution in [0.25, 0.3) is 0 Å². The summed E-state index contributed by atoms with van der Waals surface area (Å²) in [7, 11) is 1.56. The van der Waals surface area contributed by atoms with Crippen LogP contribution in [0.1, 0.15) is 77.7 Å². The standard InChI is InChI=1S/C31H37F2N3O6/c1-30(2,3)42-29(40)36-16-13-23(31(32,33)19-36)17-26(37)22-7-10-25(34-18-22)28(39)35-14-11-21(12-15-35)27(38)20-5-8-24(41-4)9-6-20/h5-10,18,21,23H,11-17,19H2,1-4H3. The highest BCUT2D eigenvalue weighted by Gasteiger charge is 2.47. The Labute approximate surface area is 244 Å². The molecule has 42 heavy (non-hydrogen) atoms. The first-order chi connectivity index (χ1) is 19.8. The van der Waals surface area contributed by atoms with Gasteiger partial charge in [0.05, 0.1) is 13.7 Å². The van der Waals surface area contributed by atoms with Gasteiger partial charge in [0.15, 0.2) is 11.6 Å². The molecule has 2 aromatic rings. The van der Waals surface area contributed by atoms with Crippen LogP contribution in [0, 0.1) is 11.8 Å². The molecule has 0 saturated carbocycles. The van der Waals surface area contributed by atoms with Gasteiger partial charge in [-0.3, -0.25) is 19.4 Å². The molecule has 0 aliphatic carbocycles. The van der Waals surface area contributed by atoms with Gasteiger partial charge in [-0.2, -0.15) is 0 Å². The van der Waals surface area contributed by atoms with Crippen molar-refractivity contribution in [3.63, 3.8) is 0 Å². The first-order valence-electron chi connectivity index (χ1n) is 14.1. The summed E-state index contributed by atoms with van der Waals surface area (Å²) in [6.07, 6.45) is 1.04. The van der Waals surface area contributed by atoms with Crippen LogP contribution >= 0.6 is 0 Å². The van der Waals surface area contributed by atoms with E-state index in [-0.39, 0.29) is 41.8 Å². The Morgan fingerprint density at radius 2 is 1.55 bits per heavy atom. The van der Waals surface area contributed by atoms with Gasteiger partial charge in [-0.1, -0.05) is 0 Å². The van der Waals surface area contributed by atoms with Crippen LogP contribution in [0.4, 0.5) is 13.6 Å². The summed E-state index contributed by atoms with van der Waals surface area (Å²) in [6.45, 7) is 5.03. The number of benzene rings is 1. The monoisotopic (exact) mass is 585 g/mol. The first-order valence-corrected chi connectivity index (χ1v) is 14.1. The van der Waals surface area contributed by atoms with Crippen LogP contribution in [0.5, 0.6) is 5.75 Å². The summed E-state index contributed by atoms with van der Waals surface area (Å²) in [6, 6.07) is 9.81. The number of hydrogen-bond acceptors (Lipinski definition) is 7. The van der Waals surface area contributed by atoms with Gasteiger partial charge in [-0.05, 0) is 76.4 Å². The molecule has 0 bridgehead atoms. The van der Waals surface area contributed by atoms with E-state index in [0.29, 0.717) is 37.2 Å². The number of carbonyl (C=O) groups is 4. The van der Waals surface area contributed by atoms with Crippen LogP contribution in [-0.2, 0) is 4.74 Å². The number of aromatic nitrogens is 1. The van der Waals surface area contributed by atoms with E-state index in [9.17, 15) is 28.0 Å². The summed E-state index contributed by atoms with van der Waals surface area (Å²) >= 11 is 0. The molecular weight excluding hydrogens is 548 g/mol. The van der Waals surface area contributed by atoms with E-state index in [4.69, 9.17) is 9.47 Å². The van der Waals surface area contributed by atoms with Crippen molar-refractivity contribution in [1.29, 1.82) is 0 Å². The number of ether oxygens (including phenoxy) is 2. The zero-order chi connectivity index (χ0) is 30.7. The zero-order valence-corrected chi connectivity index (χ0v) is 24.4. The number of alkyl halides is 2. The normalized spacial score (nSPS) is 19.2.